The number of carbonyl (C=O) groups excluding carboxylic acids is 1. The number of nitrogens with zero attached hydrogens (tertiary/aromatic N) is 1. The Balaban J connectivity index is 1.51. The van der Waals surface area contributed by atoms with E-state index in [-0.39, 0.29) is 6.10 Å². The zero-order valence-electron chi connectivity index (χ0n) is 17.8. The highest BCUT2D eigenvalue weighted by Gasteiger charge is 2.20. The van der Waals surface area contributed by atoms with Crippen LogP contribution in [0, 0.1) is 13.8 Å². The summed E-state index contributed by atoms with van der Waals surface area (Å²) in [5.41, 5.74) is 6.19. The molecule has 0 saturated carbocycles. The van der Waals surface area contributed by atoms with Gasteiger partial charge in [-0.05, 0) is 43.0 Å². The fourth-order valence-electron chi connectivity index (χ4n) is 3.56. The molecule has 1 amide bonds. The van der Waals surface area contributed by atoms with Crippen molar-refractivity contribution < 1.29 is 14.1 Å². The van der Waals surface area contributed by atoms with E-state index in [0.717, 1.165) is 27.8 Å². The summed E-state index contributed by atoms with van der Waals surface area (Å²) in [4.78, 5) is 12.6. The number of carbonyl (C=O) groups is 1. The monoisotopic (exact) mass is 412 g/mol. The quantitative estimate of drug-likeness (QED) is 0.386. The Kier molecular flexibility index (Phi) is 5.85. The van der Waals surface area contributed by atoms with Crippen LogP contribution in [0.4, 0.5) is 10.5 Å². The van der Waals surface area contributed by atoms with Gasteiger partial charge in [-0.1, -0.05) is 84.0 Å². The van der Waals surface area contributed by atoms with Crippen LogP contribution in [0.15, 0.2) is 83.4 Å². The Labute approximate surface area is 181 Å². The molecule has 1 aromatic heterocycles. The third kappa shape index (κ3) is 4.51. The predicted molar refractivity (Wildman–Crippen MR) is 122 cm³/mol. The maximum Gasteiger partial charge on any atom is 0.412 e. The summed E-state index contributed by atoms with van der Waals surface area (Å²) in [5, 5.41) is 6.84. The van der Waals surface area contributed by atoms with Gasteiger partial charge in [0.1, 0.15) is 17.5 Å². The summed E-state index contributed by atoms with van der Waals surface area (Å²) >= 11 is 0. The Morgan fingerprint density at radius 1 is 0.871 bits per heavy atom. The number of rotatable bonds is 5. The minimum atomic E-state index is -0.552. The van der Waals surface area contributed by atoms with Crippen molar-refractivity contribution in [3.05, 3.63) is 95.7 Å². The van der Waals surface area contributed by atoms with Crippen LogP contribution in [0.1, 0.15) is 29.8 Å². The Bertz CT molecular complexity index is 1180. The number of nitrogens with one attached hydrogen (secondary N) is 1. The van der Waals surface area contributed by atoms with E-state index >= 15 is 0 Å². The van der Waals surface area contributed by atoms with Gasteiger partial charge >= 0.3 is 6.09 Å². The molecule has 4 aromatic rings. The molecule has 0 saturated heterocycles. The molecule has 1 atom stereocenters. The Morgan fingerprint density at radius 3 is 2.19 bits per heavy atom. The number of ether oxygens (including phenoxy) is 1. The molecule has 5 heteroatoms. The largest absolute Gasteiger partial charge is 0.441 e. The van der Waals surface area contributed by atoms with Gasteiger partial charge in [-0.15, -0.1) is 0 Å². The van der Waals surface area contributed by atoms with E-state index in [1.54, 1.807) is 6.92 Å². The number of hydrogen-bond donors (Lipinski definition) is 1. The van der Waals surface area contributed by atoms with E-state index in [2.05, 4.69) is 22.6 Å². The smallest absolute Gasteiger partial charge is 0.412 e. The lowest BCUT2D eigenvalue weighted by atomic mass is 10.0. The molecular weight excluding hydrogens is 388 g/mol. The van der Waals surface area contributed by atoms with Gasteiger partial charge in [-0.3, -0.25) is 5.32 Å². The van der Waals surface area contributed by atoms with Gasteiger partial charge in [-0.2, -0.15) is 0 Å². The van der Waals surface area contributed by atoms with Crippen LogP contribution >= 0.6 is 0 Å². The maximum absolute atomic E-state index is 12.6. The SMILES string of the molecule is Cc1ccccc1[C@@H](C)OC(=O)Nc1c(C)noc1-c1ccc(-c2ccccc2)cc1. The lowest BCUT2D eigenvalue weighted by Crippen LogP contribution is -2.17. The normalized spacial score (nSPS) is 11.7. The molecule has 3 aromatic carbocycles. The first-order valence-electron chi connectivity index (χ1n) is 10.2. The summed E-state index contributed by atoms with van der Waals surface area (Å²) < 4.78 is 11.1. The van der Waals surface area contributed by atoms with E-state index in [1.165, 1.54) is 0 Å². The van der Waals surface area contributed by atoms with Crippen LogP contribution in [-0.2, 0) is 4.74 Å². The molecule has 0 aliphatic carbocycles. The molecule has 31 heavy (non-hydrogen) atoms. The summed E-state index contributed by atoms with van der Waals surface area (Å²) in [6.07, 6.45) is -0.931. The molecule has 5 nitrogen and oxygen atoms in total. The summed E-state index contributed by atoms with van der Waals surface area (Å²) in [5.74, 6) is 0.498. The van der Waals surface area contributed by atoms with E-state index in [4.69, 9.17) is 9.26 Å². The van der Waals surface area contributed by atoms with Crippen molar-refractivity contribution in [2.24, 2.45) is 0 Å². The number of benzene rings is 3. The third-order valence-electron chi connectivity index (χ3n) is 5.25. The summed E-state index contributed by atoms with van der Waals surface area (Å²) in [6, 6.07) is 25.9. The molecule has 0 aliphatic rings. The van der Waals surface area contributed by atoms with Crippen LogP contribution in [0.2, 0.25) is 0 Å². The van der Waals surface area contributed by atoms with Crippen LogP contribution < -0.4 is 5.32 Å². The minimum absolute atomic E-state index is 0.380. The molecule has 4 rings (SSSR count). The molecule has 0 aliphatic heterocycles. The van der Waals surface area contributed by atoms with Crippen molar-refractivity contribution in [3.8, 4) is 22.5 Å². The van der Waals surface area contributed by atoms with Crippen LogP contribution in [-0.4, -0.2) is 11.2 Å². The highest BCUT2D eigenvalue weighted by Crippen LogP contribution is 2.33. The summed E-state index contributed by atoms with van der Waals surface area (Å²) in [7, 11) is 0. The molecule has 0 radical (unpaired) electrons. The zero-order chi connectivity index (χ0) is 21.8. The van der Waals surface area contributed by atoms with Crippen molar-refractivity contribution in [1.29, 1.82) is 0 Å². The first-order chi connectivity index (χ1) is 15.0. The van der Waals surface area contributed by atoms with Crippen molar-refractivity contribution in [2.75, 3.05) is 5.32 Å². The van der Waals surface area contributed by atoms with Gasteiger partial charge in [0.25, 0.3) is 0 Å². The third-order valence-corrected chi connectivity index (χ3v) is 5.25. The average Bonchev–Trinajstić information content (AvgIpc) is 3.14. The second-order valence-corrected chi connectivity index (χ2v) is 7.44. The van der Waals surface area contributed by atoms with Crippen molar-refractivity contribution in [3.63, 3.8) is 0 Å². The molecule has 0 bridgehead atoms. The maximum atomic E-state index is 12.6. The van der Waals surface area contributed by atoms with Crippen molar-refractivity contribution >= 4 is 11.8 Å². The molecular formula is C26H24N2O3. The number of aryl methyl sites for hydroxylation is 2. The van der Waals surface area contributed by atoms with E-state index in [1.807, 2.05) is 80.6 Å². The topological polar surface area (TPSA) is 64.4 Å². The van der Waals surface area contributed by atoms with Crippen LogP contribution in [0.5, 0.6) is 0 Å². The van der Waals surface area contributed by atoms with Gasteiger partial charge in [0.15, 0.2) is 5.76 Å². The van der Waals surface area contributed by atoms with Crippen molar-refractivity contribution in [1.82, 2.24) is 5.16 Å². The Morgan fingerprint density at radius 2 is 1.48 bits per heavy atom. The number of anilines is 1. The average molecular weight is 412 g/mol. The van der Waals surface area contributed by atoms with E-state index < -0.39 is 6.09 Å². The van der Waals surface area contributed by atoms with Crippen LogP contribution in [0.3, 0.4) is 0 Å². The first-order valence-corrected chi connectivity index (χ1v) is 10.2. The fraction of sp³-hybridized carbons (Fsp3) is 0.154. The van der Waals surface area contributed by atoms with E-state index in [9.17, 15) is 4.79 Å². The van der Waals surface area contributed by atoms with Gasteiger partial charge in [0.2, 0.25) is 0 Å². The molecule has 0 unspecified atom stereocenters. The molecule has 0 spiro atoms. The predicted octanol–water partition coefficient (Wildman–Crippen LogP) is 6.94. The molecule has 1 N–H and O–H groups in total. The van der Waals surface area contributed by atoms with Gasteiger partial charge in [0.05, 0.1) is 0 Å². The van der Waals surface area contributed by atoms with Gasteiger partial charge in [-0.25, -0.2) is 4.79 Å². The summed E-state index contributed by atoms with van der Waals surface area (Å²) in [6.45, 7) is 5.63. The standard InChI is InChI=1S/C26H24N2O3/c1-17-9-7-8-12-23(17)19(3)30-26(29)27-24-18(2)28-31-25(24)22-15-13-21(14-16-22)20-10-5-4-6-11-20/h4-16,19H,1-3H3,(H,27,29)/t19-/m1/s1. The van der Waals surface area contributed by atoms with E-state index in [0.29, 0.717) is 17.1 Å². The lowest BCUT2D eigenvalue weighted by Gasteiger charge is -2.16. The number of hydrogen-bond acceptors (Lipinski definition) is 4. The van der Waals surface area contributed by atoms with Gasteiger partial charge in [0, 0.05) is 5.56 Å². The van der Waals surface area contributed by atoms with Crippen LogP contribution in [0.25, 0.3) is 22.5 Å². The fourth-order valence-corrected chi connectivity index (χ4v) is 3.56. The first kappa shape index (κ1) is 20.4. The second kappa shape index (κ2) is 8.88. The highest BCUT2D eigenvalue weighted by molar-refractivity contribution is 5.91. The number of aromatic nitrogens is 1. The van der Waals surface area contributed by atoms with Gasteiger partial charge < -0.3 is 9.26 Å². The number of amides is 1. The highest BCUT2D eigenvalue weighted by atomic mass is 16.6. The molecule has 156 valence electrons. The minimum Gasteiger partial charge on any atom is -0.441 e. The lowest BCUT2D eigenvalue weighted by molar-refractivity contribution is 0.121. The zero-order valence-corrected chi connectivity index (χ0v) is 17.8. The molecule has 1 heterocycles. The molecule has 0 fully saturated rings. The Hall–Kier alpha value is -3.86. The second-order valence-electron chi connectivity index (χ2n) is 7.44. The van der Waals surface area contributed by atoms with Crippen molar-refractivity contribution in [2.45, 2.75) is 26.9 Å².